The Balaban J connectivity index is 1.55. The summed E-state index contributed by atoms with van der Waals surface area (Å²) in [6.45, 7) is 1.87. The van der Waals surface area contributed by atoms with E-state index in [2.05, 4.69) is 28.5 Å². The van der Waals surface area contributed by atoms with E-state index in [0.717, 1.165) is 53.6 Å². The standard InChI is InChI=1S/C20H21N3OS/c1-24-16-9-7-14(8-10-16)20-22-15(13-25-20)12-23-11-3-4-17-18(21)5-2-6-19(17)23/h2,5-10,13H,3-4,11-12,21H2,1H3. The van der Waals surface area contributed by atoms with Crippen LogP contribution in [0.25, 0.3) is 10.6 Å². The van der Waals surface area contributed by atoms with E-state index in [1.54, 1.807) is 18.4 Å². The van der Waals surface area contributed by atoms with Gasteiger partial charge in [0.05, 0.1) is 19.3 Å². The van der Waals surface area contributed by atoms with Gasteiger partial charge in [-0.1, -0.05) is 6.07 Å². The zero-order chi connectivity index (χ0) is 17.2. The fraction of sp³-hybridized carbons (Fsp3) is 0.250. The number of nitrogens with zero attached hydrogens (tertiary/aromatic N) is 2. The SMILES string of the molecule is COc1ccc(-c2nc(CN3CCCc4c(N)cccc43)cs2)cc1. The molecule has 4 nitrogen and oxygen atoms in total. The van der Waals surface area contributed by atoms with Crippen molar-refractivity contribution in [2.24, 2.45) is 0 Å². The van der Waals surface area contributed by atoms with Gasteiger partial charge in [-0.25, -0.2) is 4.98 Å². The van der Waals surface area contributed by atoms with E-state index in [0.29, 0.717) is 0 Å². The summed E-state index contributed by atoms with van der Waals surface area (Å²) in [5, 5.41) is 3.20. The highest BCUT2D eigenvalue weighted by Gasteiger charge is 2.19. The number of ether oxygens (including phenoxy) is 1. The first-order valence-corrected chi connectivity index (χ1v) is 9.33. The summed E-state index contributed by atoms with van der Waals surface area (Å²) in [6, 6.07) is 14.3. The van der Waals surface area contributed by atoms with Crippen molar-refractivity contribution in [1.82, 2.24) is 4.98 Å². The van der Waals surface area contributed by atoms with Crippen molar-refractivity contribution in [2.75, 3.05) is 24.3 Å². The number of nitrogens with two attached hydrogens (primary N) is 1. The van der Waals surface area contributed by atoms with Gasteiger partial charge in [0.1, 0.15) is 10.8 Å². The first-order valence-electron chi connectivity index (χ1n) is 8.46. The Labute approximate surface area is 151 Å². The van der Waals surface area contributed by atoms with E-state index in [9.17, 15) is 0 Å². The maximum Gasteiger partial charge on any atom is 0.123 e. The molecule has 0 unspecified atom stereocenters. The van der Waals surface area contributed by atoms with Gasteiger partial charge in [-0.2, -0.15) is 0 Å². The normalized spacial score (nSPS) is 13.6. The molecule has 1 aromatic heterocycles. The van der Waals surface area contributed by atoms with Crippen LogP contribution in [0.3, 0.4) is 0 Å². The summed E-state index contributed by atoms with van der Waals surface area (Å²) < 4.78 is 5.22. The van der Waals surface area contributed by atoms with Crippen LogP contribution < -0.4 is 15.4 Å². The smallest absolute Gasteiger partial charge is 0.123 e. The van der Waals surface area contributed by atoms with E-state index in [-0.39, 0.29) is 0 Å². The molecular weight excluding hydrogens is 330 g/mol. The maximum absolute atomic E-state index is 6.15. The Bertz CT molecular complexity index is 873. The van der Waals surface area contributed by atoms with E-state index >= 15 is 0 Å². The van der Waals surface area contributed by atoms with Gasteiger partial charge in [-0.05, 0) is 54.8 Å². The van der Waals surface area contributed by atoms with E-state index < -0.39 is 0 Å². The van der Waals surface area contributed by atoms with Crippen molar-refractivity contribution in [3.05, 3.63) is 59.1 Å². The average Bonchev–Trinajstić information content (AvgIpc) is 3.11. The molecule has 0 radical (unpaired) electrons. The summed E-state index contributed by atoms with van der Waals surface area (Å²) in [6.07, 6.45) is 2.20. The van der Waals surface area contributed by atoms with Gasteiger partial charge in [0.25, 0.3) is 0 Å². The quantitative estimate of drug-likeness (QED) is 0.710. The van der Waals surface area contributed by atoms with Crippen LogP contribution in [0.15, 0.2) is 47.8 Å². The van der Waals surface area contributed by atoms with Crippen molar-refractivity contribution in [3.8, 4) is 16.3 Å². The Morgan fingerprint density at radius 3 is 2.84 bits per heavy atom. The molecule has 0 atom stereocenters. The molecule has 0 bridgehead atoms. The highest BCUT2D eigenvalue weighted by molar-refractivity contribution is 7.13. The number of benzene rings is 2. The summed E-state index contributed by atoms with van der Waals surface area (Å²) in [4.78, 5) is 7.22. The third kappa shape index (κ3) is 3.20. The topological polar surface area (TPSA) is 51.4 Å². The highest BCUT2D eigenvalue weighted by atomic mass is 32.1. The predicted octanol–water partition coefficient (Wildman–Crippen LogP) is 4.35. The lowest BCUT2D eigenvalue weighted by molar-refractivity contribution is 0.415. The van der Waals surface area contributed by atoms with Crippen LogP contribution in [0, 0.1) is 0 Å². The van der Waals surface area contributed by atoms with Crippen LogP contribution >= 0.6 is 11.3 Å². The summed E-state index contributed by atoms with van der Waals surface area (Å²) in [5.74, 6) is 0.864. The predicted molar refractivity (Wildman–Crippen MR) is 104 cm³/mol. The number of thiazole rings is 1. The lowest BCUT2D eigenvalue weighted by atomic mass is 10.00. The largest absolute Gasteiger partial charge is 0.497 e. The summed E-state index contributed by atoms with van der Waals surface area (Å²) in [7, 11) is 1.68. The van der Waals surface area contributed by atoms with Gasteiger partial charge in [0.15, 0.2) is 0 Å². The monoisotopic (exact) mass is 351 g/mol. The zero-order valence-electron chi connectivity index (χ0n) is 14.2. The van der Waals surface area contributed by atoms with Crippen molar-refractivity contribution >= 4 is 22.7 Å². The second kappa shape index (κ2) is 6.76. The Hall–Kier alpha value is -2.53. The van der Waals surface area contributed by atoms with Crippen molar-refractivity contribution in [3.63, 3.8) is 0 Å². The number of methoxy groups -OCH3 is 1. The molecule has 25 heavy (non-hydrogen) atoms. The highest BCUT2D eigenvalue weighted by Crippen LogP contribution is 2.33. The van der Waals surface area contributed by atoms with Crippen molar-refractivity contribution < 1.29 is 4.74 Å². The zero-order valence-corrected chi connectivity index (χ0v) is 15.1. The minimum atomic E-state index is 0.823. The number of aromatic nitrogens is 1. The first-order chi connectivity index (χ1) is 12.2. The molecule has 0 saturated carbocycles. The van der Waals surface area contributed by atoms with Crippen molar-refractivity contribution in [1.29, 1.82) is 0 Å². The molecule has 5 heteroatoms. The molecule has 0 aliphatic carbocycles. The Morgan fingerprint density at radius 1 is 1.20 bits per heavy atom. The van der Waals surface area contributed by atoms with Crippen LogP contribution in [0.4, 0.5) is 11.4 Å². The second-order valence-corrected chi connectivity index (χ2v) is 7.10. The fourth-order valence-corrected chi connectivity index (χ4v) is 4.15. The van der Waals surface area contributed by atoms with Gasteiger partial charge < -0.3 is 15.4 Å². The molecule has 2 heterocycles. The van der Waals surface area contributed by atoms with Gasteiger partial charge in [-0.15, -0.1) is 11.3 Å². The van der Waals surface area contributed by atoms with Gasteiger partial charge in [0.2, 0.25) is 0 Å². The van der Waals surface area contributed by atoms with Crippen LogP contribution in [0.5, 0.6) is 5.75 Å². The van der Waals surface area contributed by atoms with Crippen LogP contribution in [0.2, 0.25) is 0 Å². The van der Waals surface area contributed by atoms with E-state index in [1.165, 1.54) is 11.3 Å². The van der Waals surface area contributed by atoms with Gasteiger partial charge >= 0.3 is 0 Å². The first kappa shape index (κ1) is 16.0. The number of anilines is 2. The molecular formula is C20H21N3OS. The molecule has 2 N–H and O–H groups in total. The third-order valence-electron chi connectivity index (χ3n) is 4.62. The van der Waals surface area contributed by atoms with Crippen LogP contribution in [0.1, 0.15) is 17.7 Å². The lowest BCUT2D eigenvalue weighted by Gasteiger charge is -2.31. The molecule has 0 fully saturated rings. The van der Waals surface area contributed by atoms with E-state index in [4.69, 9.17) is 15.5 Å². The summed E-state index contributed by atoms with van der Waals surface area (Å²) >= 11 is 1.69. The van der Waals surface area contributed by atoms with Gasteiger partial charge in [0, 0.05) is 28.9 Å². The maximum atomic E-state index is 6.15. The molecule has 3 aromatic rings. The number of hydrogen-bond donors (Lipinski definition) is 1. The molecule has 0 saturated heterocycles. The minimum Gasteiger partial charge on any atom is -0.497 e. The molecule has 1 aliphatic rings. The summed E-state index contributed by atoms with van der Waals surface area (Å²) in [5.41, 5.74) is 11.8. The number of fused-ring (bicyclic) bond motifs is 1. The van der Waals surface area contributed by atoms with Gasteiger partial charge in [-0.3, -0.25) is 0 Å². The minimum absolute atomic E-state index is 0.823. The number of nitrogen functional groups attached to an aromatic ring is 1. The van der Waals surface area contributed by atoms with Crippen molar-refractivity contribution in [2.45, 2.75) is 19.4 Å². The average molecular weight is 351 g/mol. The Kier molecular flexibility index (Phi) is 4.32. The van der Waals surface area contributed by atoms with Crippen LogP contribution in [-0.2, 0) is 13.0 Å². The molecule has 0 amide bonds. The molecule has 128 valence electrons. The third-order valence-corrected chi connectivity index (χ3v) is 5.56. The molecule has 2 aromatic carbocycles. The molecule has 4 rings (SSSR count). The van der Waals surface area contributed by atoms with E-state index in [1.807, 2.05) is 24.3 Å². The number of rotatable bonds is 4. The van der Waals surface area contributed by atoms with Crippen LogP contribution in [-0.4, -0.2) is 18.6 Å². The molecule has 0 spiro atoms. The second-order valence-electron chi connectivity index (χ2n) is 6.24. The fourth-order valence-electron chi connectivity index (χ4n) is 3.33. The Morgan fingerprint density at radius 2 is 2.04 bits per heavy atom. The lowest BCUT2D eigenvalue weighted by Crippen LogP contribution is -2.29. The number of hydrogen-bond acceptors (Lipinski definition) is 5. The molecule has 1 aliphatic heterocycles.